The number of sulfonamides is 1. The van der Waals surface area contributed by atoms with Crippen molar-refractivity contribution < 1.29 is 22.5 Å². The number of anilines is 1. The molecule has 0 unspecified atom stereocenters. The molecule has 0 fully saturated rings. The van der Waals surface area contributed by atoms with Crippen LogP contribution < -0.4 is 14.8 Å². The van der Waals surface area contributed by atoms with Crippen LogP contribution in [0.3, 0.4) is 0 Å². The molecular weight excluding hydrogens is 394 g/mol. The van der Waals surface area contributed by atoms with Crippen LogP contribution in [0.4, 0.5) is 5.69 Å². The van der Waals surface area contributed by atoms with Gasteiger partial charge in [-0.1, -0.05) is 5.16 Å². The van der Waals surface area contributed by atoms with E-state index in [1.54, 1.807) is 37.3 Å². The third-order valence-electron chi connectivity index (χ3n) is 3.95. The summed E-state index contributed by atoms with van der Waals surface area (Å²) in [5.41, 5.74) is 1.36. The Hall–Kier alpha value is -3.33. The zero-order chi connectivity index (χ0) is 20.9. The van der Waals surface area contributed by atoms with Gasteiger partial charge in [-0.25, -0.2) is 8.42 Å². The summed E-state index contributed by atoms with van der Waals surface area (Å²) in [5.74, 6) is 0.976. The fraction of sp³-hybridized carbons (Fsp3) is 0.200. The van der Waals surface area contributed by atoms with E-state index in [0.29, 0.717) is 35.1 Å². The normalized spacial score (nSPS) is 11.1. The molecule has 9 heteroatoms. The van der Waals surface area contributed by atoms with Crippen LogP contribution in [0.1, 0.15) is 28.7 Å². The first kappa shape index (κ1) is 20.4. The number of carbonyl (C=O) groups is 1. The molecule has 1 amide bonds. The van der Waals surface area contributed by atoms with Gasteiger partial charge in [0.1, 0.15) is 17.2 Å². The molecule has 0 spiro atoms. The Bertz CT molecular complexity index is 1070. The standard InChI is InChI=1S/C20H21N3O5S/c1-3-27-18-8-6-16(7-9-18)23-29(25,26)19-10-4-15(5-11-19)20(24)21-13-17-12-14(2)28-22-17/h4-12,23H,3,13H2,1-2H3,(H,21,24). The summed E-state index contributed by atoms with van der Waals surface area (Å²) in [7, 11) is -3.78. The van der Waals surface area contributed by atoms with Crippen LogP contribution in [0.2, 0.25) is 0 Å². The van der Waals surface area contributed by atoms with Crippen LogP contribution in [0, 0.1) is 6.92 Å². The second-order valence-corrected chi connectivity index (χ2v) is 7.88. The SMILES string of the molecule is CCOc1ccc(NS(=O)(=O)c2ccc(C(=O)NCc3cc(C)on3)cc2)cc1. The number of benzene rings is 2. The maximum Gasteiger partial charge on any atom is 0.261 e. The smallest absolute Gasteiger partial charge is 0.261 e. The maximum atomic E-state index is 12.5. The van der Waals surface area contributed by atoms with Crippen LogP contribution in [0.15, 0.2) is 64.0 Å². The monoisotopic (exact) mass is 415 g/mol. The summed E-state index contributed by atoms with van der Waals surface area (Å²) in [4.78, 5) is 12.3. The molecule has 3 aromatic rings. The average Bonchev–Trinajstić information content (AvgIpc) is 3.13. The van der Waals surface area contributed by atoms with Gasteiger partial charge < -0.3 is 14.6 Å². The van der Waals surface area contributed by atoms with Crippen LogP contribution in [-0.4, -0.2) is 26.1 Å². The number of amides is 1. The number of hydrogen-bond donors (Lipinski definition) is 2. The molecule has 1 heterocycles. The van der Waals surface area contributed by atoms with Crippen molar-refractivity contribution in [3.63, 3.8) is 0 Å². The molecule has 1 aromatic heterocycles. The number of rotatable bonds is 8. The Morgan fingerprint density at radius 2 is 1.79 bits per heavy atom. The maximum absolute atomic E-state index is 12.5. The van der Waals surface area contributed by atoms with Gasteiger partial charge in [-0.3, -0.25) is 9.52 Å². The van der Waals surface area contributed by atoms with E-state index in [1.807, 2.05) is 6.92 Å². The van der Waals surface area contributed by atoms with Gasteiger partial charge in [0.05, 0.1) is 18.0 Å². The molecule has 0 aliphatic carbocycles. The van der Waals surface area contributed by atoms with Crippen molar-refractivity contribution in [3.05, 3.63) is 71.6 Å². The molecule has 8 nitrogen and oxygen atoms in total. The molecule has 0 aliphatic heterocycles. The van der Waals surface area contributed by atoms with E-state index in [-0.39, 0.29) is 17.3 Å². The fourth-order valence-electron chi connectivity index (χ4n) is 2.56. The van der Waals surface area contributed by atoms with E-state index in [0.717, 1.165) is 0 Å². The molecule has 0 bridgehead atoms. The number of ether oxygens (including phenoxy) is 1. The first-order chi connectivity index (χ1) is 13.9. The number of hydrogen-bond acceptors (Lipinski definition) is 6. The minimum atomic E-state index is -3.78. The first-order valence-corrected chi connectivity index (χ1v) is 10.4. The number of nitrogens with one attached hydrogen (secondary N) is 2. The summed E-state index contributed by atoms with van der Waals surface area (Å²) in [6.07, 6.45) is 0. The van der Waals surface area contributed by atoms with Gasteiger partial charge in [0.25, 0.3) is 15.9 Å². The summed E-state index contributed by atoms with van der Waals surface area (Å²) in [5, 5.41) is 6.50. The van der Waals surface area contributed by atoms with Gasteiger partial charge in [-0.2, -0.15) is 0 Å². The van der Waals surface area contributed by atoms with Gasteiger partial charge in [0, 0.05) is 17.3 Å². The number of aromatic nitrogens is 1. The number of aryl methyl sites for hydroxylation is 1. The predicted molar refractivity (Wildman–Crippen MR) is 107 cm³/mol. The summed E-state index contributed by atoms with van der Waals surface area (Å²) in [6, 6.07) is 14.0. The molecule has 2 aromatic carbocycles. The lowest BCUT2D eigenvalue weighted by Crippen LogP contribution is -2.23. The van der Waals surface area contributed by atoms with Crippen molar-refractivity contribution >= 4 is 21.6 Å². The fourth-order valence-corrected chi connectivity index (χ4v) is 3.62. The summed E-state index contributed by atoms with van der Waals surface area (Å²) < 4.78 is 37.9. The first-order valence-electron chi connectivity index (χ1n) is 8.93. The minimum absolute atomic E-state index is 0.0510. The van der Waals surface area contributed by atoms with E-state index >= 15 is 0 Å². The number of nitrogens with zero attached hydrogens (tertiary/aromatic N) is 1. The lowest BCUT2D eigenvalue weighted by atomic mass is 10.2. The van der Waals surface area contributed by atoms with E-state index in [9.17, 15) is 13.2 Å². The van der Waals surface area contributed by atoms with Gasteiger partial charge >= 0.3 is 0 Å². The lowest BCUT2D eigenvalue weighted by molar-refractivity contribution is 0.0950. The van der Waals surface area contributed by atoms with Crippen molar-refractivity contribution in [3.8, 4) is 5.75 Å². The van der Waals surface area contributed by atoms with Crippen LogP contribution in [0.25, 0.3) is 0 Å². The van der Waals surface area contributed by atoms with Gasteiger partial charge in [-0.05, 0) is 62.4 Å². The molecule has 0 atom stereocenters. The Labute approximate surface area is 168 Å². The highest BCUT2D eigenvalue weighted by Crippen LogP contribution is 2.20. The topological polar surface area (TPSA) is 111 Å². The molecule has 0 radical (unpaired) electrons. The second kappa shape index (κ2) is 8.78. The van der Waals surface area contributed by atoms with Crippen LogP contribution >= 0.6 is 0 Å². The van der Waals surface area contributed by atoms with E-state index in [4.69, 9.17) is 9.26 Å². The largest absolute Gasteiger partial charge is 0.494 e. The molecular formula is C20H21N3O5S. The molecule has 152 valence electrons. The Kier molecular flexibility index (Phi) is 6.18. The highest BCUT2D eigenvalue weighted by atomic mass is 32.2. The zero-order valence-electron chi connectivity index (χ0n) is 16.0. The lowest BCUT2D eigenvalue weighted by Gasteiger charge is -2.10. The minimum Gasteiger partial charge on any atom is -0.494 e. The Morgan fingerprint density at radius 3 is 2.38 bits per heavy atom. The Morgan fingerprint density at radius 1 is 1.10 bits per heavy atom. The van der Waals surface area contributed by atoms with Crippen molar-refractivity contribution in [2.45, 2.75) is 25.3 Å². The highest BCUT2D eigenvalue weighted by Gasteiger charge is 2.15. The molecule has 0 saturated heterocycles. The molecule has 0 saturated carbocycles. The van der Waals surface area contributed by atoms with E-state index < -0.39 is 10.0 Å². The second-order valence-electron chi connectivity index (χ2n) is 6.20. The quantitative estimate of drug-likeness (QED) is 0.585. The van der Waals surface area contributed by atoms with Crippen molar-refractivity contribution in [1.82, 2.24) is 10.5 Å². The molecule has 0 aliphatic rings. The highest BCUT2D eigenvalue weighted by molar-refractivity contribution is 7.92. The molecule has 3 rings (SSSR count). The van der Waals surface area contributed by atoms with Crippen molar-refractivity contribution in [2.75, 3.05) is 11.3 Å². The predicted octanol–water partition coefficient (Wildman–Crippen LogP) is 3.11. The third-order valence-corrected chi connectivity index (χ3v) is 5.35. The van der Waals surface area contributed by atoms with E-state index in [2.05, 4.69) is 15.2 Å². The molecule has 2 N–H and O–H groups in total. The van der Waals surface area contributed by atoms with Gasteiger partial charge in [0.2, 0.25) is 0 Å². The van der Waals surface area contributed by atoms with Crippen molar-refractivity contribution in [1.29, 1.82) is 0 Å². The zero-order valence-corrected chi connectivity index (χ0v) is 16.8. The third kappa shape index (κ3) is 5.35. The van der Waals surface area contributed by atoms with Crippen LogP contribution in [0.5, 0.6) is 5.75 Å². The number of carbonyl (C=O) groups excluding carboxylic acids is 1. The summed E-state index contributed by atoms with van der Waals surface area (Å²) >= 11 is 0. The van der Waals surface area contributed by atoms with Crippen molar-refractivity contribution in [2.24, 2.45) is 0 Å². The Balaban J connectivity index is 1.63. The van der Waals surface area contributed by atoms with E-state index in [1.165, 1.54) is 24.3 Å². The molecule has 29 heavy (non-hydrogen) atoms. The average molecular weight is 415 g/mol. The van der Waals surface area contributed by atoms with Crippen LogP contribution in [-0.2, 0) is 16.6 Å². The van der Waals surface area contributed by atoms with Gasteiger partial charge in [0.15, 0.2) is 0 Å². The summed E-state index contributed by atoms with van der Waals surface area (Å²) in [6.45, 7) is 4.38. The van der Waals surface area contributed by atoms with Gasteiger partial charge in [-0.15, -0.1) is 0 Å².